The molecule has 0 aliphatic heterocycles. The van der Waals surface area contributed by atoms with Gasteiger partial charge in [-0.2, -0.15) is 0 Å². The van der Waals surface area contributed by atoms with Crippen LogP contribution in [-0.4, -0.2) is 36.0 Å². The van der Waals surface area contributed by atoms with Crippen molar-refractivity contribution in [3.05, 3.63) is 58.4 Å². The number of benzene rings is 2. The summed E-state index contributed by atoms with van der Waals surface area (Å²) in [6, 6.07) is 8.82. The van der Waals surface area contributed by atoms with E-state index in [1.54, 1.807) is 13.8 Å². The van der Waals surface area contributed by atoms with Gasteiger partial charge in [-0.3, -0.25) is 9.59 Å². The average molecular weight is 460 g/mol. The monoisotopic (exact) mass is 459 g/mol. The fraction of sp³-hybridized carbons (Fsp3) is 0.462. The van der Waals surface area contributed by atoms with E-state index in [0.29, 0.717) is 29.4 Å². The number of carbonyl (C=O) groups is 2. The summed E-state index contributed by atoms with van der Waals surface area (Å²) in [5, 5.41) is 6.17. The Balaban J connectivity index is 2.29. The zero-order chi connectivity index (χ0) is 24.1. The zero-order valence-corrected chi connectivity index (χ0v) is 21.3. The van der Waals surface area contributed by atoms with Gasteiger partial charge >= 0.3 is 0 Å². The topological polar surface area (TPSA) is 58.2 Å². The fourth-order valence-corrected chi connectivity index (χ4v) is 8.59. The van der Waals surface area contributed by atoms with Crippen molar-refractivity contribution in [3.8, 4) is 0 Å². The third kappa shape index (κ3) is 5.75. The maximum Gasteiger partial charge on any atom is 0.265 e. The number of carbonyl (C=O) groups excluding carboxylic acids is 2. The highest BCUT2D eigenvalue weighted by atomic mass is 31.2. The van der Waals surface area contributed by atoms with Gasteiger partial charge < -0.3 is 10.6 Å². The Morgan fingerprint density at radius 3 is 1.84 bits per heavy atom. The lowest BCUT2D eigenvalue weighted by Gasteiger charge is -2.32. The van der Waals surface area contributed by atoms with Gasteiger partial charge in [0.2, 0.25) is 0 Å². The summed E-state index contributed by atoms with van der Waals surface area (Å²) in [7, 11) is -1.92. The van der Waals surface area contributed by atoms with E-state index in [2.05, 4.69) is 24.5 Å². The van der Waals surface area contributed by atoms with Gasteiger partial charge in [0.15, 0.2) is 0 Å². The summed E-state index contributed by atoms with van der Waals surface area (Å²) < 4.78 is 13.7. The fourth-order valence-electron chi connectivity index (χ4n) is 4.61. The molecule has 0 aliphatic carbocycles. The molecule has 4 nitrogen and oxygen atoms in total. The van der Waals surface area contributed by atoms with Crippen LogP contribution in [0, 0.1) is 33.5 Å². The Morgan fingerprint density at radius 1 is 0.875 bits per heavy atom. The van der Waals surface area contributed by atoms with E-state index < -0.39 is 7.26 Å². The van der Waals surface area contributed by atoms with Crippen LogP contribution in [0.25, 0.3) is 0 Å². The largest absolute Gasteiger partial charge is 0.322 e. The SMILES string of the molecule is CCC(C(=O)Nc1c(C)cc(F)cc1C)[P+](CC)(CC)CC(=O)Nc1c(C)cccc1C. The molecule has 2 N–H and O–H groups in total. The molecule has 0 bridgehead atoms. The number of amides is 2. The van der Waals surface area contributed by atoms with Gasteiger partial charge in [-0.05, 0) is 82.3 Å². The van der Waals surface area contributed by atoms with Crippen molar-refractivity contribution in [2.24, 2.45) is 0 Å². The smallest absolute Gasteiger partial charge is 0.265 e. The van der Waals surface area contributed by atoms with E-state index in [1.165, 1.54) is 12.1 Å². The van der Waals surface area contributed by atoms with Crippen LogP contribution in [0.5, 0.6) is 0 Å². The lowest BCUT2D eigenvalue weighted by molar-refractivity contribution is -0.115. The molecule has 2 amide bonds. The van der Waals surface area contributed by atoms with E-state index in [0.717, 1.165) is 29.1 Å². The molecule has 0 aliphatic rings. The second kappa shape index (κ2) is 11.0. The van der Waals surface area contributed by atoms with Crippen LogP contribution in [0.4, 0.5) is 15.8 Å². The molecule has 6 heteroatoms. The van der Waals surface area contributed by atoms with Crippen LogP contribution in [0.3, 0.4) is 0 Å². The Kier molecular flexibility index (Phi) is 8.98. The number of rotatable bonds is 9. The first-order chi connectivity index (χ1) is 15.1. The summed E-state index contributed by atoms with van der Waals surface area (Å²) >= 11 is 0. The second-order valence-corrected chi connectivity index (χ2v) is 13.3. The van der Waals surface area contributed by atoms with Crippen molar-refractivity contribution in [2.75, 3.05) is 29.1 Å². The number of hydrogen-bond acceptors (Lipinski definition) is 2. The lowest BCUT2D eigenvalue weighted by Crippen LogP contribution is -2.36. The quantitative estimate of drug-likeness (QED) is 0.422. The molecule has 2 aromatic rings. The third-order valence-electron chi connectivity index (χ3n) is 6.56. The van der Waals surface area contributed by atoms with Gasteiger partial charge in [-0.1, -0.05) is 25.1 Å². The van der Waals surface area contributed by atoms with Crippen molar-refractivity contribution in [1.82, 2.24) is 0 Å². The van der Waals surface area contributed by atoms with Crippen molar-refractivity contribution >= 4 is 30.5 Å². The minimum Gasteiger partial charge on any atom is -0.322 e. The van der Waals surface area contributed by atoms with Gasteiger partial charge in [-0.15, -0.1) is 0 Å². The minimum atomic E-state index is -1.92. The Morgan fingerprint density at radius 2 is 1.38 bits per heavy atom. The van der Waals surface area contributed by atoms with Gasteiger partial charge in [0.1, 0.15) is 17.6 Å². The first-order valence-electron chi connectivity index (χ1n) is 11.4. The maximum absolute atomic E-state index is 13.7. The zero-order valence-electron chi connectivity index (χ0n) is 20.4. The van der Waals surface area contributed by atoms with Crippen LogP contribution < -0.4 is 10.6 Å². The highest BCUT2D eigenvalue weighted by Gasteiger charge is 2.47. The standard InChI is InChI=1S/C26H36FN2O2P/c1-8-22(26(31)29-25-19(6)14-21(27)15-20(25)7)32(9-2,10-3)16-23(30)28-24-17(4)12-11-13-18(24)5/h11-15,22H,8-10,16H2,1-7H3,(H-,28,29,30,31)/p+1. The van der Waals surface area contributed by atoms with Crippen molar-refractivity contribution in [1.29, 1.82) is 0 Å². The molecule has 1 atom stereocenters. The van der Waals surface area contributed by atoms with Gasteiger partial charge in [-0.25, -0.2) is 4.39 Å². The number of para-hydroxylation sites is 1. The summed E-state index contributed by atoms with van der Waals surface area (Å²) in [4.78, 5) is 26.6. The molecule has 174 valence electrons. The molecular weight excluding hydrogens is 422 g/mol. The Hall–Kier alpha value is -2.26. The summed E-state index contributed by atoms with van der Waals surface area (Å²) in [5.41, 5.74) is 4.76. The van der Waals surface area contributed by atoms with E-state index in [4.69, 9.17) is 0 Å². The number of anilines is 2. The van der Waals surface area contributed by atoms with Gasteiger partial charge in [0, 0.05) is 18.6 Å². The minimum absolute atomic E-state index is 0.0279. The summed E-state index contributed by atoms with van der Waals surface area (Å²) in [6.45, 7) is 13.8. The summed E-state index contributed by atoms with van der Waals surface area (Å²) in [5.74, 6) is -0.404. The molecule has 0 heterocycles. The van der Waals surface area contributed by atoms with E-state index >= 15 is 0 Å². The average Bonchev–Trinajstić information content (AvgIpc) is 2.73. The second-order valence-electron chi connectivity index (χ2n) is 8.65. The lowest BCUT2D eigenvalue weighted by atomic mass is 10.1. The van der Waals surface area contributed by atoms with Crippen molar-refractivity contribution in [3.63, 3.8) is 0 Å². The predicted molar refractivity (Wildman–Crippen MR) is 136 cm³/mol. The molecule has 0 saturated heterocycles. The Labute approximate surface area is 192 Å². The normalized spacial score (nSPS) is 12.4. The Bertz CT molecular complexity index is 943. The highest BCUT2D eigenvalue weighted by molar-refractivity contribution is 7.78. The predicted octanol–water partition coefficient (Wildman–Crippen LogP) is 6.47. The molecule has 0 aromatic heterocycles. The van der Waals surface area contributed by atoms with Crippen molar-refractivity contribution < 1.29 is 14.0 Å². The van der Waals surface area contributed by atoms with Crippen LogP contribution in [-0.2, 0) is 9.59 Å². The number of halogens is 1. The molecule has 0 fully saturated rings. The molecular formula is C26H37FN2O2P+. The molecule has 0 saturated carbocycles. The molecule has 2 rings (SSSR count). The van der Waals surface area contributed by atoms with E-state index in [-0.39, 0.29) is 23.3 Å². The first kappa shape index (κ1) is 26.0. The number of nitrogens with one attached hydrogen (secondary N) is 2. The molecule has 32 heavy (non-hydrogen) atoms. The summed E-state index contributed by atoms with van der Waals surface area (Å²) in [6.07, 6.45) is 2.67. The number of aryl methyl sites for hydroxylation is 4. The highest BCUT2D eigenvalue weighted by Crippen LogP contribution is 2.63. The molecule has 2 aromatic carbocycles. The third-order valence-corrected chi connectivity index (χ3v) is 11.9. The van der Waals surface area contributed by atoms with Crippen LogP contribution in [0.15, 0.2) is 30.3 Å². The maximum atomic E-state index is 13.7. The molecule has 1 unspecified atom stereocenters. The van der Waals surface area contributed by atoms with Gasteiger partial charge in [0.05, 0.1) is 12.3 Å². The van der Waals surface area contributed by atoms with E-state index in [9.17, 15) is 14.0 Å². The van der Waals surface area contributed by atoms with Gasteiger partial charge in [0.25, 0.3) is 11.8 Å². The number of hydrogen-bond donors (Lipinski definition) is 2. The van der Waals surface area contributed by atoms with Crippen LogP contribution >= 0.6 is 7.26 Å². The molecule has 0 radical (unpaired) electrons. The van der Waals surface area contributed by atoms with E-state index in [1.807, 2.05) is 39.0 Å². The molecule has 0 spiro atoms. The van der Waals surface area contributed by atoms with Crippen LogP contribution in [0.1, 0.15) is 49.4 Å². The van der Waals surface area contributed by atoms with Crippen molar-refractivity contribution in [2.45, 2.75) is 60.5 Å². The first-order valence-corrected chi connectivity index (χ1v) is 13.8. The van der Waals surface area contributed by atoms with Crippen LogP contribution in [0.2, 0.25) is 0 Å².